The number of nitrogens with one attached hydrogen (secondary N) is 2. The second-order valence-corrected chi connectivity index (χ2v) is 9.18. The van der Waals surface area contributed by atoms with Gasteiger partial charge in [0.05, 0.1) is 17.0 Å². The molecule has 0 heterocycles. The van der Waals surface area contributed by atoms with Gasteiger partial charge in [0.25, 0.3) is 0 Å². The summed E-state index contributed by atoms with van der Waals surface area (Å²) in [6.07, 6.45) is -1.95. The van der Waals surface area contributed by atoms with Crippen LogP contribution in [0.2, 0.25) is 0 Å². The lowest BCUT2D eigenvalue weighted by atomic mass is 10.0. The SMILES string of the molecule is CC(C)C[C@H](N)C(=O)NC(NS(=O)(=O)c1ccc(Oc2ccccc2)cc1)C(C)O. The molecule has 0 aromatic heterocycles. The van der Waals surface area contributed by atoms with Crippen molar-refractivity contribution in [2.24, 2.45) is 11.7 Å². The van der Waals surface area contributed by atoms with Crippen LogP contribution >= 0.6 is 0 Å². The first kappa shape index (κ1) is 23.8. The zero-order chi connectivity index (χ0) is 22.3. The van der Waals surface area contributed by atoms with Gasteiger partial charge in [0.15, 0.2) is 0 Å². The van der Waals surface area contributed by atoms with Crippen molar-refractivity contribution in [1.82, 2.24) is 10.0 Å². The summed E-state index contributed by atoms with van der Waals surface area (Å²) in [5, 5.41) is 12.4. The third-order valence-corrected chi connectivity index (χ3v) is 5.69. The van der Waals surface area contributed by atoms with Gasteiger partial charge in [-0.05, 0) is 55.7 Å². The Morgan fingerprint density at radius 3 is 2.13 bits per heavy atom. The number of nitrogens with two attached hydrogens (primary N) is 1. The molecular weight excluding hydrogens is 406 g/mol. The molecular formula is C21H29N3O5S. The second-order valence-electron chi connectivity index (χ2n) is 7.47. The fraction of sp³-hybridized carbons (Fsp3) is 0.381. The van der Waals surface area contributed by atoms with E-state index in [2.05, 4.69) is 10.0 Å². The van der Waals surface area contributed by atoms with Crippen LogP contribution in [0.4, 0.5) is 0 Å². The quantitative estimate of drug-likeness (QED) is 0.422. The maximum absolute atomic E-state index is 12.7. The monoisotopic (exact) mass is 435 g/mol. The molecule has 8 nitrogen and oxygen atoms in total. The highest BCUT2D eigenvalue weighted by atomic mass is 32.2. The number of aliphatic hydroxyl groups excluding tert-OH is 1. The zero-order valence-electron chi connectivity index (χ0n) is 17.3. The normalized spacial score (nSPS) is 14.7. The van der Waals surface area contributed by atoms with Crippen LogP contribution in [-0.4, -0.2) is 37.7 Å². The fourth-order valence-corrected chi connectivity index (χ4v) is 3.89. The average Bonchev–Trinajstić information content (AvgIpc) is 2.68. The van der Waals surface area contributed by atoms with E-state index < -0.39 is 34.2 Å². The molecule has 30 heavy (non-hydrogen) atoms. The van der Waals surface area contributed by atoms with Crippen molar-refractivity contribution in [3.05, 3.63) is 54.6 Å². The smallest absolute Gasteiger partial charge is 0.242 e. The molecule has 1 amide bonds. The molecule has 0 aliphatic rings. The molecule has 5 N–H and O–H groups in total. The van der Waals surface area contributed by atoms with Gasteiger partial charge in [-0.3, -0.25) is 4.79 Å². The van der Waals surface area contributed by atoms with Crippen LogP contribution in [0, 0.1) is 5.92 Å². The molecule has 2 unspecified atom stereocenters. The number of benzene rings is 2. The van der Waals surface area contributed by atoms with E-state index in [0.717, 1.165) is 0 Å². The summed E-state index contributed by atoms with van der Waals surface area (Å²) in [5.74, 6) is 0.758. The minimum atomic E-state index is -4.01. The Morgan fingerprint density at radius 1 is 1.03 bits per heavy atom. The molecule has 9 heteroatoms. The van der Waals surface area contributed by atoms with Gasteiger partial charge in [-0.2, -0.15) is 4.72 Å². The molecule has 0 bridgehead atoms. The van der Waals surface area contributed by atoms with E-state index >= 15 is 0 Å². The third-order valence-electron chi connectivity index (χ3n) is 4.24. The highest BCUT2D eigenvalue weighted by Gasteiger charge is 2.27. The van der Waals surface area contributed by atoms with E-state index in [1.54, 1.807) is 12.1 Å². The molecule has 3 atom stereocenters. The van der Waals surface area contributed by atoms with Crippen molar-refractivity contribution in [3.8, 4) is 11.5 Å². The lowest BCUT2D eigenvalue weighted by molar-refractivity contribution is -0.124. The lowest BCUT2D eigenvalue weighted by Crippen LogP contribution is -2.57. The molecule has 0 aliphatic carbocycles. The predicted molar refractivity (Wildman–Crippen MR) is 114 cm³/mol. The van der Waals surface area contributed by atoms with Gasteiger partial charge < -0.3 is 20.9 Å². The molecule has 2 rings (SSSR count). The molecule has 0 fully saturated rings. The van der Waals surface area contributed by atoms with Crippen LogP contribution in [0.3, 0.4) is 0 Å². The summed E-state index contributed by atoms with van der Waals surface area (Å²) in [6.45, 7) is 5.22. The van der Waals surface area contributed by atoms with E-state index in [1.807, 2.05) is 32.0 Å². The maximum Gasteiger partial charge on any atom is 0.242 e. The number of hydrogen-bond acceptors (Lipinski definition) is 6. The first-order valence-electron chi connectivity index (χ1n) is 9.68. The topological polar surface area (TPSA) is 131 Å². The fourth-order valence-electron chi connectivity index (χ4n) is 2.67. The molecule has 2 aromatic rings. The Morgan fingerprint density at radius 2 is 1.60 bits per heavy atom. The minimum absolute atomic E-state index is 0.0331. The number of ether oxygens (including phenoxy) is 1. The van der Waals surface area contributed by atoms with Crippen LogP contribution in [0.25, 0.3) is 0 Å². The number of sulfonamides is 1. The van der Waals surface area contributed by atoms with Gasteiger partial charge in [0.2, 0.25) is 15.9 Å². The van der Waals surface area contributed by atoms with Crippen LogP contribution in [-0.2, 0) is 14.8 Å². The Labute approximate surface area is 177 Å². The third kappa shape index (κ3) is 7.10. The number of aliphatic hydroxyl groups is 1. The van der Waals surface area contributed by atoms with Crippen LogP contribution in [0.1, 0.15) is 27.2 Å². The number of hydrogen-bond donors (Lipinski definition) is 4. The van der Waals surface area contributed by atoms with Crippen LogP contribution in [0.5, 0.6) is 11.5 Å². The largest absolute Gasteiger partial charge is 0.457 e. The Balaban J connectivity index is 2.07. The summed E-state index contributed by atoms with van der Waals surface area (Å²) in [4.78, 5) is 12.2. The summed E-state index contributed by atoms with van der Waals surface area (Å²) in [7, 11) is -4.01. The van der Waals surface area contributed by atoms with Crippen molar-refractivity contribution in [3.63, 3.8) is 0 Å². The molecule has 0 radical (unpaired) electrons. The van der Waals surface area contributed by atoms with E-state index in [9.17, 15) is 18.3 Å². The average molecular weight is 436 g/mol. The van der Waals surface area contributed by atoms with Crippen molar-refractivity contribution in [2.75, 3.05) is 0 Å². The van der Waals surface area contributed by atoms with E-state index in [0.29, 0.717) is 17.9 Å². The number of carbonyl (C=O) groups is 1. The highest BCUT2D eigenvalue weighted by molar-refractivity contribution is 7.89. The van der Waals surface area contributed by atoms with E-state index in [1.165, 1.54) is 31.2 Å². The first-order chi connectivity index (χ1) is 14.1. The summed E-state index contributed by atoms with van der Waals surface area (Å²) < 4.78 is 33.4. The number of rotatable bonds is 10. The van der Waals surface area contributed by atoms with Crippen LogP contribution < -0.4 is 20.5 Å². The maximum atomic E-state index is 12.7. The van der Waals surface area contributed by atoms with Crippen molar-refractivity contribution >= 4 is 15.9 Å². The van der Waals surface area contributed by atoms with Crippen molar-refractivity contribution in [1.29, 1.82) is 0 Å². The molecule has 0 saturated heterocycles. The zero-order valence-corrected chi connectivity index (χ0v) is 18.1. The number of carbonyl (C=O) groups excluding carboxylic acids is 1. The summed E-state index contributed by atoms with van der Waals surface area (Å²) in [5.41, 5.74) is 5.84. The van der Waals surface area contributed by atoms with Crippen LogP contribution in [0.15, 0.2) is 59.5 Å². The Hall–Kier alpha value is -2.46. The van der Waals surface area contributed by atoms with Gasteiger partial charge in [0, 0.05) is 0 Å². The minimum Gasteiger partial charge on any atom is -0.457 e. The van der Waals surface area contributed by atoms with Gasteiger partial charge in [-0.25, -0.2) is 8.42 Å². The first-order valence-corrected chi connectivity index (χ1v) is 11.2. The van der Waals surface area contributed by atoms with Gasteiger partial charge in [-0.15, -0.1) is 0 Å². The summed E-state index contributed by atoms with van der Waals surface area (Å²) in [6, 6.07) is 14.1. The lowest BCUT2D eigenvalue weighted by Gasteiger charge is -2.24. The molecule has 164 valence electrons. The Bertz CT molecular complexity index is 915. The van der Waals surface area contributed by atoms with Gasteiger partial charge in [-0.1, -0.05) is 32.0 Å². The summed E-state index contributed by atoms with van der Waals surface area (Å²) >= 11 is 0. The van der Waals surface area contributed by atoms with E-state index in [4.69, 9.17) is 10.5 Å². The standard InChI is InChI=1S/C21H29N3O5S/c1-14(2)13-19(22)21(26)23-20(15(3)25)24-30(27,28)18-11-9-17(10-12-18)29-16-7-5-4-6-8-16/h4-12,14-15,19-20,24-25H,13,22H2,1-3H3,(H,23,26)/t15?,19-,20?/m0/s1. The molecule has 0 spiro atoms. The van der Waals surface area contributed by atoms with Crippen molar-refractivity contribution in [2.45, 2.75) is 50.4 Å². The molecule has 0 aliphatic heterocycles. The van der Waals surface area contributed by atoms with Crippen molar-refractivity contribution < 1.29 is 23.1 Å². The number of amides is 1. The van der Waals surface area contributed by atoms with E-state index in [-0.39, 0.29) is 10.8 Å². The Kier molecular flexibility index (Phi) is 8.36. The highest BCUT2D eigenvalue weighted by Crippen LogP contribution is 2.22. The second kappa shape index (κ2) is 10.5. The predicted octanol–water partition coefficient (Wildman–Crippen LogP) is 1.95. The molecule has 2 aromatic carbocycles. The van der Waals surface area contributed by atoms with Gasteiger partial charge in [0.1, 0.15) is 17.7 Å². The number of para-hydroxylation sites is 1. The van der Waals surface area contributed by atoms with Gasteiger partial charge >= 0.3 is 0 Å². The molecule has 0 saturated carbocycles.